The second kappa shape index (κ2) is 11.6. The molecule has 1 N–H and O–H groups in total. The second-order valence-electron chi connectivity index (χ2n) is 6.09. The van der Waals surface area contributed by atoms with Crippen LogP contribution in [-0.4, -0.2) is 43.8 Å². The van der Waals surface area contributed by atoms with Crippen molar-refractivity contribution in [2.45, 2.75) is 18.7 Å². The van der Waals surface area contributed by atoms with Gasteiger partial charge in [0.05, 0.1) is 27.1 Å². The first-order chi connectivity index (χ1) is 14.5. The summed E-state index contributed by atoms with van der Waals surface area (Å²) in [5, 5.41) is 24.8. The molecule has 0 atom stereocenters. The molecule has 0 heterocycles. The normalized spacial score (nSPS) is 11.1. The van der Waals surface area contributed by atoms with Crippen LogP contribution in [0.5, 0.6) is 11.5 Å². The number of methoxy groups -OCH3 is 1. The van der Waals surface area contributed by atoms with Crippen molar-refractivity contribution >= 4 is 54.8 Å². The van der Waals surface area contributed by atoms with Gasteiger partial charge in [-0.3, -0.25) is 14.9 Å². The SMILES string of the molecule is CCN(CC)S(=O)(=O)c1cc(Br)c(OC)c(NC(=O)c2cc(Cl)c([O-])c([N+](=O)[O-])c2)c1.[Na+]. The van der Waals surface area contributed by atoms with Gasteiger partial charge in [-0.1, -0.05) is 25.4 Å². The van der Waals surface area contributed by atoms with Gasteiger partial charge < -0.3 is 15.2 Å². The van der Waals surface area contributed by atoms with Crippen LogP contribution in [0.15, 0.2) is 33.6 Å². The average molecular weight is 559 g/mol. The van der Waals surface area contributed by atoms with Crippen molar-refractivity contribution in [2.24, 2.45) is 0 Å². The number of sulfonamides is 1. The fraction of sp³-hybridized carbons (Fsp3) is 0.278. The standard InChI is InChI=1S/C18H19BrClN3O7S.Na/c1-4-22(5-2)31(28,29)11-8-12(19)17(30-3)14(9-11)21-18(25)10-6-13(20)16(24)15(7-10)23(26)27;/h6-9,24H,4-5H2,1-3H3,(H,21,25);/q;+1/p-1. The van der Waals surface area contributed by atoms with E-state index in [2.05, 4.69) is 21.2 Å². The molecule has 0 bridgehead atoms. The van der Waals surface area contributed by atoms with E-state index in [0.717, 1.165) is 12.1 Å². The van der Waals surface area contributed by atoms with Crippen LogP contribution in [0.25, 0.3) is 0 Å². The van der Waals surface area contributed by atoms with Crippen LogP contribution in [0.3, 0.4) is 0 Å². The van der Waals surface area contributed by atoms with Crippen LogP contribution in [0.2, 0.25) is 5.02 Å². The number of ether oxygens (including phenoxy) is 1. The summed E-state index contributed by atoms with van der Waals surface area (Å²) in [5.41, 5.74) is -1.12. The Kier molecular flexibility index (Phi) is 10.4. The Balaban J connectivity index is 0.00000512. The Labute approximate surface area is 220 Å². The number of nitro groups is 1. The Morgan fingerprint density at radius 2 is 1.84 bits per heavy atom. The molecule has 2 rings (SSSR count). The molecule has 0 fully saturated rings. The van der Waals surface area contributed by atoms with Crippen molar-refractivity contribution in [1.82, 2.24) is 4.31 Å². The molecule has 0 unspecified atom stereocenters. The largest absolute Gasteiger partial charge is 1.00 e. The van der Waals surface area contributed by atoms with Crippen LogP contribution in [-0.2, 0) is 10.0 Å². The van der Waals surface area contributed by atoms with Gasteiger partial charge in [-0.2, -0.15) is 4.31 Å². The van der Waals surface area contributed by atoms with Crippen molar-refractivity contribution in [3.8, 4) is 11.5 Å². The summed E-state index contributed by atoms with van der Waals surface area (Å²) in [5.74, 6) is -1.74. The summed E-state index contributed by atoms with van der Waals surface area (Å²) < 4.78 is 32.5. The monoisotopic (exact) mass is 557 g/mol. The quantitative estimate of drug-likeness (QED) is 0.280. The molecule has 0 aliphatic heterocycles. The molecular weight excluding hydrogens is 541 g/mol. The smallest absolute Gasteiger partial charge is 0.867 e. The van der Waals surface area contributed by atoms with Crippen LogP contribution in [0, 0.1) is 10.1 Å². The van der Waals surface area contributed by atoms with Gasteiger partial charge in [0, 0.05) is 29.7 Å². The van der Waals surface area contributed by atoms with Crippen molar-refractivity contribution < 1.29 is 57.5 Å². The van der Waals surface area contributed by atoms with Crippen molar-refractivity contribution in [3.05, 3.63) is 49.4 Å². The predicted octanol–water partition coefficient (Wildman–Crippen LogP) is 0.380. The number of anilines is 1. The molecule has 0 saturated heterocycles. The van der Waals surface area contributed by atoms with Gasteiger partial charge in [-0.25, -0.2) is 8.42 Å². The number of amides is 1. The van der Waals surface area contributed by atoms with Gasteiger partial charge in [-0.15, -0.1) is 0 Å². The third-order valence-corrected chi connectivity index (χ3v) is 7.19. The molecule has 0 spiro atoms. The predicted molar refractivity (Wildman–Crippen MR) is 116 cm³/mol. The first-order valence-corrected chi connectivity index (χ1v) is 11.4. The van der Waals surface area contributed by atoms with E-state index in [1.165, 1.54) is 23.5 Å². The van der Waals surface area contributed by atoms with E-state index in [0.29, 0.717) is 0 Å². The van der Waals surface area contributed by atoms with E-state index < -0.39 is 37.3 Å². The molecule has 0 aromatic heterocycles. The van der Waals surface area contributed by atoms with E-state index in [1.807, 2.05) is 0 Å². The zero-order valence-corrected chi connectivity index (χ0v) is 22.8. The number of halogens is 2. The Morgan fingerprint density at radius 1 is 1.25 bits per heavy atom. The third-order valence-electron chi connectivity index (χ3n) is 4.30. The minimum absolute atomic E-state index is 0. The van der Waals surface area contributed by atoms with Crippen LogP contribution < -0.4 is 44.7 Å². The maximum absolute atomic E-state index is 12.9. The molecule has 10 nitrogen and oxygen atoms in total. The maximum atomic E-state index is 12.9. The summed E-state index contributed by atoms with van der Waals surface area (Å²) in [7, 11) is -2.54. The third kappa shape index (κ3) is 5.93. The van der Waals surface area contributed by atoms with Crippen molar-refractivity contribution in [2.75, 3.05) is 25.5 Å². The molecule has 0 aliphatic carbocycles. The summed E-state index contributed by atoms with van der Waals surface area (Å²) >= 11 is 8.96. The van der Waals surface area contributed by atoms with E-state index in [9.17, 15) is 28.4 Å². The topological polar surface area (TPSA) is 142 Å². The molecule has 0 saturated carbocycles. The second-order valence-corrected chi connectivity index (χ2v) is 9.29. The molecule has 32 heavy (non-hydrogen) atoms. The number of benzene rings is 2. The Bertz CT molecular complexity index is 1140. The van der Waals surface area contributed by atoms with Crippen LogP contribution in [0.1, 0.15) is 24.2 Å². The molecule has 1 amide bonds. The van der Waals surface area contributed by atoms with Gasteiger partial charge in [0.15, 0.2) is 5.75 Å². The summed E-state index contributed by atoms with van der Waals surface area (Å²) in [6.07, 6.45) is 0. The number of hydrogen-bond donors (Lipinski definition) is 1. The minimum Gasteiger partial charge on any atom is -0.867 e. The fourth-order valence-corrected chi connectivity index (χ4v) is 5.27. The van der Waals surface area contributed by atoms with E-state index in [4.69, 9.17) is 16.3 Å². The number of nitrogens with one attached hydrogen (secondary N) is 1. The number of carbonyl (C=O) groups is 1. The summed E-state index contributed by atoms with van der Waals surface area (Å²) in [4.78, 5) is 22.7. The van der Waals surface area contributed by atoms with E-state index in [-0.39, 0.29) is 69.0 Å². The number of carbonyl (C=O) groups excluding carboxylic acids is 1. The molecule has 2 aromatic carbocycles. The fourth-order valence-electron chi connectivity index (χ4n) is 2.77. The molecular formula is C18H18BrClN3NaO7S. The number of nitrogens with zero attached hydrogens (tertiary/aromatic N) is 2. The molecule has 168 valence electrons. The van der Waals surface area contributed by atoms with Gasteiger partial charge in [0.25, 0.3) is 11.6 Å². The van der Waals surface area contributed by atoms with Crippen molar-refractivity contribution in [1.29, 1.82) is 0 Å². The number of rotatable bonds is 8. The first-order valence-electron chi connectivity index (χ1n) is 8.81. The molecule has 2 aromatic rings. The summed E-state index contributed by atoms with van der Waals surface area (Å²) in [6.45, 7) is 3.87. The van der Waals surface area contributed by atoms with E-state index in [1.54, 1.807) is 13.8 Å². The maximum Gasteiger partial charge on any atom is 1.00 e. The van der Waals surface area contributed by atoms with Gasteiger partial charge >= 0.3 is 29.6 Å². The Hall–Kier alpha value is -1.41. The molecule has 0 aliphatic rings. The van der Waals surface area contributed by atoms with Crippen LogP contribution in [0.4, 0.5) is 11.4 Å². The first kappa shape index (κ1) is 28.6. The average Bonchev–Trinajstić information content (AvgIpc) is 2.70. The zero-order valence-electron chi connectivity index (χ0n) is 17.6. The number of hydrogen-bond acceptors (Lipinski definition) is 7. The van der Waals surface area contributed by atoms with E-state index >= 15 is 0 Å². The summed E-state index contributed by atoms with van der Waals surface area (Å²) in [6, 6.07) is 4.34. The molecule has 0 radical (unpaired) electrons. The van der Waals surface area contributed by atoms with Gasteiger partial charge in [0.1, 0.15) is 0 Å². The minimum atomic E-state index is -3.86. The Morgan fingerprint density at radius 3 is 2.34 bits per heavy atom. The van der Waals surface area contributed by atoms with Gasteiger partial charge in [0.2, 0.25) is 10.0 Å². The van der Waals surface area contributed by atoms with Crippen molar-refractivity contribution in [3.63, 3.8) is 0 Å². The van der Waals surface area contributed by atoms with Crippen LogP contribution >= 0.6 is 27.5 Å². The van der Waals surface area contributed by atoms with Gasteiger partial charge in [-0.05, 0) is 39.9 Å². The number of nitro benzene ring substituents is 1. The molecule has 14 heteroatoms. The zero-order chi connectivity index (χ0) is 23.5.